The second kappa shape index (κ2) is 7.04. The monoisotopic (exact) mass is 403 g/mol. The normalized spacial score (nSPS) is 18.8. The average molecular weight is 405 g/mol. The third kappa shape index (κ3) is 3.45. The number of aromatic amines is 1. The van der Waals surface area contributed by atoms with Crippen LogP contribution in [0.25, 0.3) is 11.0 Å². The first-order valence-electron chi connectivity index (χ1n) is 7.12. The Morgan fingerprint density at radius 2 is 2.39 bits per heavy atom. The van der Waals surface area contributed by atoms with Crippen molar-refractivity contribution in [2.75, 3.05) is 23.3 Å². The number of H-pyrrole nitrogens is 1. The summed E-state index contributed by atoms with van der Waals surface area (Å²) in [6, 6.07) is 0.143. The predicted molar refractivity (Wildman–Crippen MR) is 96.2 cm³/mol. The van der Waals surface area contributed by atoms with E-state index in [1.807, 2.05) is 0 Å². The number of nitrogens with zero attached hydrogens (tertiary/aromatic N) is 2. The van der Waals surface area contributed by atoms with Gasteiger partial charge in [-0.1, -0.05) is 0 Å². The van der Waals surface area contributed by atoms with Gasteiger partial charge in [-0.25, -0.2) is 4.98 Å². The standard InChI is InChI=1S/C14H18BrN5O2.ClH/c1-7(21)14(22)19-10-5-18-13-11(10)12(9(15)4-17-13)20-3-2-8(16)6-20;/h4-5,7-8,21H,2-3,6,16H2,1H3,(H,17,18)(H,19,22);1H. The maximum atomic E-state index is 11.8. The van der Waals surface area contributed by atoms with Gasteiger partial charge in [0.25, 0.3) is 5.91 Å². The summed E-state index contributed by atoms with van der Waals surface area (Å²) in [5, 5.41) is 12.9. The number of aromatic nitrogens is 2. The molecule has 0 aromatic carbocycles. The van der Waals surface area contributed by atoms with Crippen molar-refractivity contribution in [2.45, 2.75) is 25.5 Å². The molecule has 2 unspecified atom stereocenters. The van der Waals surface area contributed by atoms with Gasteiger partial charge in [-0.3, -0.25) is 4.79 Å². The van der Waals surface area contributed by atoms with Crippen LogP contribution in [0, 0.1) is 0 Å². The predicted octanol–water partition coefficient (Wildman–Crippen LogP) is 1.60. The van der Waals surface area contributed by atoms with E-state index in [0.29, 0.717) is 11.3 Å². The molecule has 0 aliphatic carbocycles. The van der Waals surface area contributed by atoms with Crippen LogP contribution in [0.5, 0.6) is 0 Å². The Balaban J connectivity index is 0.00000192. The molecule has 5 N–H and O–H groups in total. The number of anilines is 2. The van der Waals surface area contributed by atoms with Gasteiger partial charge in [0.1, 0.15) is 11.8 Å². The Morgan fingerprint density at radius 1 is 1.65 bits per heavy atom. The lowest BCUT2D eigenvalue weighted by atomic mass is 10.2. The maximum absolute atomic E-state index is 11.8. The lowest BCUT2D eigenvalue weighted by Gasteiger charge is -2.21. The molecule has 9 heteroatoms. The number of aliphatic hydroxyl groups is 1. The lowest BCUT2D eigenvalue weighted by molar-refractivity contribution is -0.123. The molecule has 126 valence electrons. The van der Waals surface area contributed by atoms with Crippen molar-refractivity contribution >= 4 is 56.7 Å². The molecule has 2 atom stereocenters. The summed E-state index contributed by atoms with van der Waals surface area (Å²) in [5.74, 6) is -0.454. The highest BCUT2D eigenvalue weighted by Gasteiger charge is 2.25. The Labute approximate surface area is 148 Å². The fraction of sp³-hybridized carbons (Fsp3) is 0.429. The molecule has 0 radical (unpaired) electrons. The Kier molecular flexibility index (Phi) is 5.51. The molecule has 1 saturated heterocycles. The molecule has 3 rings (SSSR count). The number of carbonyl (C=O) groups is 1. The van der Waals surface area contributed by atoms with Gasteiger partial charge < -0.3 is 26.0 Å². The zero-order valence-electron chi connectivity index (χ0n) is 12.5. The molecule has 0 spiro atoms. The number of pyridine rings is 1. The minimum Gasteiger partial charge on any atom is -0.384 e. The van der Waals surface area contributed by atoms with E-state index in [-0.39, 0.29) is 18.4 Å². The summed E-state index contributed by atoms with van der Waals surface area (Å²) in [6.07, 6.45) is 3.27. The van der Waals surface area contributed by atoms with E-state index in [4.69, 9.17) is 5.73 Å². The number of fused-ring (bicyclic) bond motifs is 1. The van der Waals surface area contributed by atoms with E-state index in [1.54, 1.807) is 12.4 Å². The van der Waals surface area contributed by atoms with Crippen molar-refractivity contribution in [3.63, 3.8) is 0 Å². The molecule has 1 amide bonds. The van der Waals surface area contributed by atoms with Crippen LogP contribution in [0.3, 0.4) is 0 Å². The number of nitrogens with one attached hydrogen (secondary N) is 2. The molecule has 2 aromatic rings. The van der Waals surface area contributed by atoms with E-state index in [9.17, 15) is 9.90 Å². The second-order valence-corrected chi connectivity index (χ2v) is 6.40. The Morgan fingerprint density at radius 3 is 3.00 bits per heavy atom. The number of hydrogen-bond donors (Lipinski definition) is 4. The zero-order chi connectivity index (χ0) is 15.9. The quantitative estimate of drug-likeness (QED) is 0.621. The zero-order valence-corrected chi connectivity index (χ0v) is 14.9. The molecule has 7 nitrogen and oxygen atoms in total. The average Bonchev–Trinajstić information content (AvgIpc) is 3.06. The van der Waals surface area contributed by atoms with Gasteiger partial charge in [0.05, 0.1) is 21.2 Å². The highest BCUT2D eigenvalue weighted by Crippen LogP contribution is 2.39. The van der Waals surface area contributed by atoms with Crippen LogP contribution < -0.4 is 16.0 Å². The third-order valence-corrected chi connectivity index (χ3v) is 4.39. The van der Waals surface area contributed by atoms with E-state index in [1.165, 1.54) is 6.92 Å². The minimum absolute atomic E-state index is 0. The fourth-order valence-corrected chi connectivity index (χ4v) is 3.24. The molecule has 0 bridgehead atoms. The Hall–Kier alpha value is -1.35. The number of aliphatic hydroxyl groups excluding tert-OH is 1. The van der Waals surface area contributed by atoms with Crippen molar-refractivity contribution in [1.29, 1.82) is 0 Å². The molecule has 1 fully saturated rings. The van der Waals surface area contributed by atoms with Crippen molar-refractivity contribution in [3.05, 3.63) is 16.9 Å². The van der Waals surface area contributed by atoms with Crippen molar-refractivity contribution in [1.82, 2.24) is 9.97 Å². The number of nitrogens with two attached hydrogens (primary N) is 1. The van der Waals surface area contributed by atoms with Crippen molar-refractivity contribution < 1.29 is 9.90 Å². The molecule has 23 heavy (non-hydrogen) atoms. The minimum atomic E-state index is -1.08. The third-order valence-electron chi connectivity index (χ3n) is 3.81. The summed E-state index contributed by atoms with van der Waals surface area (Å²) in [5.41, 5.74) is 8.25. The van der Waals surface area contributed by atoms with Crippen LogP contribution in [0.4, 0.5) is 11.4 Å². The molecule has 1 aliphatic heterocycles. The Bertz CT molecular complexity index is 721. The number of halogens is 2. The number of carbonyl (C=O) groups excluding carboxylic acids is 1. The smallest absolute Gasteiger partial charge is 0.252 e. The SMILES string of the molecule is CC(O)C(=O)Nc1c[nH]c2ncc(Br)c(N3CCC(N)C3)c12.Cl. The van der Waals surface area contributed by atoms with Gasteiger partial charge >= 0.3 is 0 Å². The summed E-state index contributed by atoms with van der Waals surface area (Å²) < 4.78 is 0.848. The van der Waals surface area contributed by atoms with E-state index < -0.39 is 12.0 Å². The summed E-state index contributed by atoms with van der Waals surface area (Å²) in [6.45, 7) is 3.04. The number of hydrogen-bond acceptors (Lipinski definition) is 5. The highest BCUT2D eigenvalue weighted by atomic mass is 79.9. The van der Waals surface area contributed by atoms with Crippen LogP contribution in [-0.2, 0) is 4.79 Å². The molecular weight excluding hydrogens is 386 g/mol. The van der Waals surface area contributed by atoms with Crippen LogP contribution in [0.1, 0.15) is 13.3 Å². The molecular formula is C14H19BrClN5O2. The first kappa shape index (κ1) is 18.0. The summed E-state index contributed by atoms with van der Waals surface area (Å²) in [4.78, 5) is 21.3. The van der Waals surface area contributed by atoms with Crippen LogP contribution in [0.15, 0.2) is 16.9 Å². The first-order valence-corrected chi connectivity index (χ1v) is 7.91. The summed E-state index contributed by atoms with van der Waals surface area (Å²) in [7, 11) is 0. The van der Waals surface area contributed by atoms with Gasteiger partial charge in [-0.15, -0.1) is 12.4 Å². The van der Waals surface area contributed by atoms with Gasteiger partial charge in [0.15, 0.2) is 0 Å². The van der Waals surface area contributed by atoms with Crippen LogP contribution in [-0.4, -0.2) is 46.2 Å². The van der Waals surface area contributed by atoms with Crippen LogP contribution in [0.2, 0.25) is 0 Å². The van der Waals surface area contributed by atoms with E-state index >= 15 is 0 Å². The van der Waals surface area contributed by atoms with Gasteiger partial charge in [0.2, 0.25) is 0 Å². The van der Waals surface area contributed by atoms with Gasteiger partial charge in [-0.2, -0.15) is 0 Å². The first-order chi connectivity index (χ1) is 10.5. The lowest BCUT2D eigenvalue weighted by Crippen LogP contribution is -2.27. The summed E-state index contributed by atoms with van der Waals surface area (Å²) >= 11 is 3.54. The number of amides is 1. The van der Waals surface area contributed by atoms with Gasteiger partial charge in [-0.05, 0) is 29.3 Å². The number of rotatable bonds is 3. The molecule has 0 saturated carbocycles. The molecule has 3 heterocycles. The van der Waals surface area contributed by atoms with Crippen LogP contribution >= 0.6 is 28.3 Å². The maximum Gasteiger partial charge on any atom is 0.252 e. The topological polar surface area (TPSA) is 107 Å². The van der Waals surface area contributed by atoms with Crippen molar-refractivity contribution in [2.24, 2.45) is 5.73 Å². The highest BCUT2D eigenvalue weighted by molar-refractivity contribution is 9.10. The van der Waals surface area contributed by atoms with E-state index in [2.05, 4.69) is 36.1 Å². The molecule has 1 aliphatic rings. The second-order valence-electron chi connectivity index (χ2n) is 5.54. The fourth-order valence-electron chi connectivity index (χ4n) is 2.69. The van der Waals surface area contributed by atoms with E-state index in [0.717, 1.165) is 35.1 Å². The largest absolute Gasteiger partial charge is 0.384 e. The van der Waals surface area contributed by atoms with Crippen molar-refractivity contribution in [3.8, 4) is 0 Å². The molecule has 2 aromatic heterocycles. The van der Waals surface area contributed by atoms with Gasteiger partial charge in [0, 0.05) is 31.5 Å².